The van der Waals surface area contributed by atoms with Crippen LogP contribution in [-0.2, 0) is 14.8 Å². The lowest BCUT2D eigenvalue weighted by molar-refractivity contribution is 0.0564. The molecular formula is C19H23FN2O4S. The van der Waals surface area contributed by atoms with E-state index in [-0.39, 0.29) is 16.6 Å². The highest BCUT2D eigenvalue weighted by Crippen LogP contribution is 2.31. The van der Waals surface area contributed by atoms with Crippen LogP contribution in [0.5, 0.6) is 5.75 Å². The summed E-state index contributed by atoms with van der Waals surface area (Å²) in [6.45, 7) is 3.20. The third-order valence-corrected chi connectivity index (χ3v) is 6.02. The molecule has 3 rings (SSSR count). The Labute approximate surface area is 158 Å². The number of nitrogens with zero attached hydrogens (tertiary/aromatic N) is 1. The van der Waals surface area contributed by atoms with E-state index in [1.54, 1.807) is 25.4 Å². The van der Waals surface area contributed by atoms with E-state index in [2.05, 4.69) is 9.71 Å². The number of rotatable bonds is 7. The average Bonchev–Trinajstić information content (AvgIpc) is 2.69. The average molecular weight is 394 g/mol. The van der Waals surface area contributed by atoms with Crippen molar-refractivity contribution in [3.63, 3.8) is 0 Å². The van der Waals surface area contributed by atoms with Crippen molar-refractivity contribution in [2.45, 2.75) is 30.7 Å². The molecular weight excluding hydrogens is 371 g/mol. The topological polar surface area (TPSA) is 77.5 Å². The highest BCUT2D eigenvalue weighted by molar-refractivity contribution is 7.89. The Balaban J connectivity index is 1.88. The molecule has 1 aromatic heterocycles. The number of pyridine rings is 1. The lowest BCUT2D eigenvalue weighted by Gasteiger charge is -2.31. The zero-order valence-corrected chi connectivity index (χ0v) is 15.9. The summed E-state index contributed by atoms with van der Waals surface area (Å²) >= 11 is 0. The summed E-state index contributed by atoms with van der Waals surface area (Å²) in [4.78, 5) is 3.97. The molecule has 0 bridgehead atoms. The number of sulfonamides is 1. The van der Waals surface area contributed by atoms with Gasteiger partial charge in [0.15, 0.2) is 11.6 Å². The van der Waals surface area contributed by atoms with Crippen LogP contribution in [0.4, 0.5) is 4.39 Å². The second-order valence-corrected chi connectivity index (χ2v) is 8.07. The molecule has 0 unspecified atom stereocenters. The molecule has 1 saturated heterocycles. The third kappa shape index (κ3) is 4.82. The van der Waals surface area contributed by atoms with Crippen molar-refractivity contribution in [1.82, 2.24) is 9.71 Å². The van der Waals surface area contributed by atoms with Gasteiger partial charge in [0, 0.05) is 25.6 Å². The van der Waals surface area contributed by atoms with Crippen LogP contribution in [0, 0.1) is 11.7 Å². The van der Waals surface area contributed by atoms with Crippen molar-refractivity contribution in [2.75, 3.05) is 19.8 Å². The Hall–Kier alpha value is -2.03. The van der Waals surface area contributed by atoms with Gasteiger partial charge in [-0.15, -0.1) is 0 Å². The van der Waals surface area contributed by atoms with Crippen molar-refractivity contribution in [3.05, 3.63) is 54.1 Å². The number of hydrogen-bond acceptors (Lipinski definition) is 5. The third-order valence-electron chi connectivity index (χ3n) is 4.58. The van der Waals surface area contributed by atoms with Gasteiger partial charge < -0.3 is 9.47 Å². The van der Waals surface area contributed by atoms with Crippen LogP contribution in [-0.4, -0.2) is 33.2 Å². The summed E-state index contributed by atoms with van der Waals surface area (Å²) in [5.41, 5.74) is 0.777. The minimum atomic E-state index is -3.93. The van der Waals surface area contributed by atoms with Crippen LogP contribution in [0.2, 0.25) is 0 Å². The molecule has 0 amide bonds. The molecule has 6 nitrogen and oxygen atoms in total. The van der Waals surface area contributed by atoms with Gasteiger partial charge in [0.2, 0.25) is 10.0 Å². The summed E-state index contributed by atoms with van der Waals surface area (Å²) in [6.07, 6.45) is 4.77. The van der Waals surface area contributed by atoms with Crippen molar-refractivity contribution in [3.8, 4) is 5.75 Å². The predicted molar refractivity (Wildman–Crippen MR) is 98.4 cm³/mol. The van der Waals surface area contributed by atoms with E-state index in [1.807, 2.05) is 6.07 Å². The van der Waals surface area contributed by atoms with E-state index in [9.17, 15) is 12.8 Å². The Morgan fingerprint density at radius 1 is 1.33 bits per heavy atom. The largest absolute Gasteiger partial charge is 0.491 e. The Bertz CT molecular complexity index is 855. The number of halogens is 1. The summed E-state index contributed by atoms with van der Waals surface area (Å²) in [7, 11) is -3.93. The molecule has 0 saturated carbocycles. The molecule has 1 aliphatic heterocycles. The number of benzene rings is 1. The lowest BCUT2D eigenvalue weighted by Crippen LogP contribution is -2.36. The highest BCUT2D eigenvalue weighted by Gasteiger charge is 2.30. The van der Waals surface area contributed by atoms with Gasteiger partial charge in [0.25, 0.3) is 0 Å². The fourth-order valence-corrected chi connectivity index (χ4v) is 4.51. The Morgan fingerprint density at radius 3 is 2.74 bits per heavy atom. The first-order valence-corrected chi connectivity index (χ1v) is 10.4. The SMILES string of the molecule is CCOc1ccc(S(=O)(=O)N[C@@H](c2cccnc2)C2CCOCC2)cc1F. The first kappa shape index (κ1) is 19.7. The maximum absolute atomic E-state index is 14.1. The fourth-order valence-electron chi connectivity index (χ4n) is 3.20. The molecule has 27 heavy (non-hydrogen) atoms. The molecule has 2 aromatic rings. The summed E-state index contributed by atoms with van der Waals surface area (Å²) < 4.78 is 53.2. The molecule has 146 valence electrons. The maximum atomic E-state index is 14.1. The molecule has 1 aromatic carbocycles. The second-order valence-electron chi connectivity index (χ2n) is 6.36. The highest BCUT2D eigenvalue weighted by atomic mass is 32.2. The van der Waals surface area contributed by atoms with Crippen LogP contribution in [0.3, 0.4) is 0 Å². The first-order valence-electron chi connectivity index (χ1n) is 8.93. The first-order chi connectivity index (χ1) is 13.0. The summed E-state index contributed by atoms with van der Waals surface area (Å²) in [5.74, 6) is -0.598. The molecule has 0 spiro atoms. The van der Waals surface area contributed by atoms with E-state index in [1.165, 1.54) is 12.1 Å². The van der Waals surface area contributed by atoms with Crippen molar-refractivity contribution in [2.24, 2.45) is 5.92 Å². The zero-order valence-electron chi connectivity index (χ0n) is 15.1. The zero-order chi connectivity index (χ0) is 19.3. The molecule has 1 atom stereocenters. The van der Waals surface area contributed by atoms with E-state index in [0.717, 1.165) is 24.5 Å². The standard InChI is InChI=1S/C19H23FN2O4S/c1-2-26-18-6-5-16(12-17(18)20)27(23,24)22-19(14-7-10-25-11-8-14)15-4-3-9-21-13-15/h3-6,9,12-14,19,22H,2,7-8,10-11H2,1H3/t19-/m1/s1. The van der Waals surface area contributed by atoms with Gasteiger partial charge in [-0.25, -0.2) is 17.5 Å². The van der Waals surface area contributed by atoms with Crippen molar-refractivity contribution in [1.29, 1.82) is 0 Å². The molecule has 0 aliphatic carbocycles. The summed E-state index contributed by atoms with van der Waals surface area (Å²) in [6, 6.07) is 6.82. The lowest BCUT2D eigenvalue weighted by atomic mass is 9.88. The van der Waals surface area contributed by atoms with Crippen LogP contribution in [0.15, 0.2) is 47.6 Å². The van der Waals surface area contributed by atoms with Crippen LogP contribution < -0.4 is 9.46 Å². The molecule has 2 heterocycles. The molecule has 0 radical (unpaired) electrons. The minimum absolute atomic E-state index is 0.0321. The molecule has 1 N–H and O–H groups in total. The Morgan fingerprint density at radius 2 is 2.11 bits per heavy atom. The van der Waals surface area contributed by atoms with E-state index >= 15 is 0 Å². The molecule has 1 aliphatic rings. The quantitative estimate of drug-likeness (QED) is 0.781. The summed E-state index contributed by atoms with van der Waals surface area (Å²) in [5, 5.41) is 0. The normalized spacial score (nSPS) is 16.8. The van der Waals surface area contributed by atoms with Gasteiger partial charge in [-0.3, -0.25) is 4.98 Å². The van der Waals surface area contributed by atoms with Gasteiger partial charge in [-0.05, 0) is 55.5 Å². The minimum Gasteiger partial charge on any atom is -0.491 e. The van der Waals surface area contributed by atoms with E-state index in [4.69, 9.17) is 9.47 Å². The predicted octanol–water partition coefficient (Wildman–Crippen LogP) is 3.07. The fraction of sp³-hybridized carbons (Fsp3) is 0.421. The van der Waals surface area contributed by atoms with Gasteiger partial charge in [0.05, 0.1) is 17.5 Å². The van der Waals surface area contributed by atoms with E-state index in [0.29, 0.717) is 19.8 Å². The number of hydrogen-bond donors (Lipinski definition) is 1. The van der Waals surface area contributed by atoms with Crippen LogP contribution >= 0.6 is 0 Å². The van der Waals surface area contributed by atoms with Crippen molar-refractivity contribution >= 4 is 10.0 Å². The van der Waals surface area contributed by atoms with Crippen LogP contribution in [0.25, 0.3) is 0 Å². The van der Waals surface area contributed by atoms with Gasteiger partial charge in [0.1, 0.15) is 0 Å². The van der Waals surface area contributed by atoms with Gasteiger partial charge >= 0.3 is 0 Å². The van der Waals surface area contributed by atoms with Gasteiger partial charge in [-0.1, -0.05) is 6.07 Å². The number of aromatic nitrogens is 1. The maximum Gasteiger partial charge on any atom is 0.241 e. The monoisotopic (exact) mass is 394 g/mol. The number of nitrogens with one attached hydrogen (secondary N) is 1. The number of ether oxygens (including phenoxy) is 2. The Kier molecular flexibility index (Phi) is 6.41. The molecule has 1 fully saturated rings. The molecule has 8 heteroatoms. The second kappa shape index (κ2) is 8.77. The smallest absolute Gasteiger partial charge is 0.241 e. The van der Waals surface area contributed by atoms with Crippen molar-refractivity contribution < 1.29 is 22.3 Å². The van der Waals surface area contributed by atoms with Gasteiger partial charge in [-0.2, -0.15) is 0 Å². The van der Waals surface area contributed by atoms with Crippen LogP contribution in [0.1, 0.15) is 31.4 Å². The van der Waals surface area contributed by atoms with E-state index < -0.39 is 21.9 Å².